The second-order valence-electron chi connectivity index (χ2n) is 6.35. The number of alkyl halides is 3. The zero-order chi connectivity index (χ0) is 20.6. The first-order chi connectivity index (χ1) is 13.1. The van der Waals surface area contributed by atoms with Crippen molar-refractivity contribution < 1.29 is 23.1 Å². The summed E-state index contributed by atoms with van der Waals surface area (Å²) in [5, 5.41) is 12.6. The number of hydrogen-bond donors (Lipinski definition) is 3. The summed E-state index contributed by atoms with van der Waals surface area (Å²) >= 11 is 5.61. The van der Waals surface area contributed by atoms with Crippen molar-refractivity contribution in [2.45, 2.75) is 12.2 Å². The van der Waals surface area contributed by atoms with E-state index < -0.39 is 28.7 Å². The van der Waals surface area contributed by atoms with Crippen LogP contribution in [0.2, 0.25) is 5.02 Å². The summed E-state index contributed by atoms with van der Waals surface area (Å²) in [5.41, 5.74) is 6.13. The van der Waals surface area contributed by atoms with Crippen molar-refractivity contribution in [2.24, 2.45) is 12.8 Å². The average molecular weight is 412 g/mol. The second kappa shape index (κ2) is 7.37. The highest BCUT2D eigenvalue weighted by molar-refractivity contribution is 6.31. The number of aromatic nitrogens is 1. The Balaban J connectivity index is 1.77. The molecule has 3 rings (SSSR count). The number of hydrogen-bond acceptors (Lipinski definition) is 3. The predicted molar refractivity (Wildman–Crippen MR) is 100 cm³/mol. The molecule has 0 fully saturated rings. The fraction of sp³-hybridized carbons (Fsp3) is 0.211. The lowest BCUT2D eigenvalue weighted by atomic mass is 10.0. The van der Waals surface area contributed by atoms with E-state index in [1.807, 2.05) is 0 Å². The van der Waals surface area contributed by atoms with Gasteiger partial charge < -0.3 is 20.7 Å². The van der Waals surface area contributed by atoms with E-state index in [2.05, 4.69) is 5.32 Å². The molecule has 1 aromatic heterocycles. The molecule has 0 spiro atoms. The van der Waals surface area contributed by atoms with Gasteiger partial charge in [-0.1, -0.05) is 23.7 Å². The molecule has 0 radical (unpaired) electrons. The number of halogens is 4. The zero-order valence-corrected chi connectivity index (χ0v) is 15.5. The van der Waals surface area contributed by atoms with Crippen molar-refractivity contribution in [3.05, 3.63) is 64.3 Å². The number of nitrogens with zero attached hydrogens (tertiary/aromatic N) is 1. The van der Waals surface area contributed by atoms with Gasteiger partial charge in [-0.2, -0.15) is 13.2 Å². The highest BCUT2D eigenvalue weighted by Gasteiger charge is 2.33. The smallest absolute Gasteiger partial charge is 0.417 e. The Hall–Kier alpha value is -2.71. The number of aryl methyl sites for hydroxylation is 1. The van der Waals surface area contributed by atoms with Gasteiger partial charge in [0.15, 0.2) is 0 Å². The quantitative estimate of drug-likeness (QED) is 0.607. The van der Waals surface area contributed by atoms with Crippen LogP contribution in [0.4, 0.5) is 13.2 Å². The molecule has 3 aromatic rings. The number of fused-ring (bicyclic) bond motifs is 1. The monoisotopic (exact) mass is 411 g/mol. The fourth-order valence-electron chi connectivity index (χ4n) is 2.96. The molecule has 0 aliphatic heterocycles. The Morgan fingerprint density at radius 3 is 2.64 bits per heavy atom. The SMILES string of the molecule is Cn1c(C(=O)NCC(N)c2ccc(Cl)c(C(F)(F)F)c2)cc2c(O)cccc21. The van der Waals surface area contributed by atoms with Crippen molar-refractivity contribution in [3.8, 4) is 5.75 Å². The number of aromatic hydroxyl groups is 1. The van der Waals surface area contributed by atoms with Crippen LogP contribution in [0.3, 0.4) is 0 Å². The Bertz CT molecular complexity index is 1050. The van der Waals surface area contributed by atoms with E-state index in [0.29, 0.717) is 10.9 Å². The topological polar surface area (TPSA) is 80.3 Å². The van der Waals surface area contributed by atoms with Gasteiger partial charge >= 0.3 is 6.18 Å². The summed E-state index contributed by atoms with van der Waals surface area (Å²) in [7, 11) is 1.67. The molecular formula is C19H17ClF3N3O2. The first-order valence-corrected chi connectivity index (χ1v) is 8.65. The summed E-state index contributed by atoms with van der Waals surface area (Å²) < 4.78 is 40.6. The van der Waals surface area contributed by atoms with E-state index in [4.69, 9.17) is 17.3 Å². The van der Waals surface area contributed by atoms with Gasteiger partial charge in [0.1, 0.15) is 11.4 Å². The summed E-state index contributed by atoms with van der Waals surface area (Å²) in [5.74, 6) is -0.414. The number of carbonyl (C=O) groups excluding carboxylic acids is 1. The first-order valence-electron chi connectivity index (χ1n) is 8.27. The third-order valence-electron chi connectivity index (χ3n) is 4.50. The van der Waals surface area contributed by atoms with Crippen LogP contribution in [-0.2, 0) is 13.2 Å². The van der Waals surface area contributed by atoms with Crippen LogP contribution in [0, 0.1) is 0 Å². The van der Waals surface area contributed by atoms with E-state index in [1.165, 1.54) is 18.2 Å². The number of benzene rings is 2. The molecule has 0 saturated heterocycles. The molecule has 28 heavy (non-hydrogen) atoms. The molecule has 0 bridgehead atoms. The lowest BCUT2D eigenvalue weighted by Gasteiger charge is -2.16. The molecule has 1 atom stereocenters. The number of nitrogens with one attached hydrogen (secondary N) is 1. The van der Waals surface area contributed by atoms with Crippen LogP contribution < -0.4 is 11.1 Å². The number of phenolic OH excluding ortho intramolecular Hbond substituents is 1. The van der Waals surface area contributed by atoms with Crippen LogP contribution in [-0.4, -0.2) is 22.1 Å². The first kappa shape index (κ1) is 20.0. The van der Waals surface area contributed by atoms with Gasteiger partial charge in [0.05, 0.1) is 16.1 Å². The van der Waals surface area contributed by atoms with Gasteiger partial charge in [-0.25, -0.2) is 0 Å². The third-order valence-corrected chi connectivity index (χ3v) is 4.83. The van der Waals surface area contributed by atoms with Gasteiger partial charge in [0.2, 0.25) is 0 Å². The predicted octanol–water partition coefficient (Wildman–Crippen LogP) is 3.99. The zero-order valence-electron chi connectivity index (χ0n) is 14.7. The lowest BCUT2D eigenvalue weighted by molar-refractivity contribution is -0.137. The van der Waals surface area contributed by atoms with E-state index in [1.54, 1.807) is 23.7 Å². The molecule has 2 aromatic carbocycles. The number of carbonyl (C=O) groups is 1. The van der Waals surface area contributed by atoms with Crippen molar-refractivity contribution in [1.82, 2.24) is 9.88 Å². The molecule has 1 heterocycles. The van der Waals surface area contributed by atoms with Crippen LogP contribution in [0.25, 0.3) is 10.9 Å². The standard InChI is InChI=1S/C19H17ClF3N3O2/c1-26-15-3-2-4-17(27)11(15)8-16(26)18(28)25-9-14(24)10-5-6-13(20)12(7-10)19(21,22)23/h2-8,14,27H,9,24H2,1H3,(H,25,28). The summed E-state index contributed by atoms with van der Waals surface area (Å²) in [4.78, 5) is 12.5. The summed E-state index contributed by atoms with van der Waals surface area (Å²) in [6, 6.07) is 9.02. The van der Waals surface area contributed by atoms with E-state index in [-0.39, 0.29) is 23.6 Å². The maximum atomic E-state index is 13.0. The van der Waals surface area contributed by atoms with E-state index in [9.17, 15) is 23.1 Å². The highest BCUT2D eigenvalue weighted by atomic mass is 35.5. The Morgan fingerprint density at radius 1 is 1.29 bits per heavy atom. The van der Waals surface area contributed by atoms with Crippen molar-refractivity contribution in [2.75, 3.05) is 6.54 Å². The number of amides is 1. The van der Waals surface area contributed by atoms with E-state index in [0.717, 1.165) is 12.1 Å². The van der Waals surface area contributed by atoms with Crippen molar-refractivity contribution >= 4 is 28.4 Å². The van der Waals surface area contributed by atoms with Crippen LogP contribution in [0.15, 0.2) is 42.5 Å². The molecule has 4 N–H and O–H groups in total. The number of rotatable bonds is 4. The largest absolute Gasteiger partial charge is 0.507 e. The normalized spacial score (nSPS) is 12.9. The number of nitrogens with two attached hydrogens (primary N) is 1. The Labute approximate surface area is 163 Å². The van der Waals surface area contributed by atoms with Crippen LogP contribution in [0.5, 0.6) is 5.75 Å². The van der Waals surface area contributed by atoms with Crippen molar-refractivity contribution in [1.29, 1.82) is 0 Å². The second-order valence-corrected chi connectivity index (χ2v) is 6.76. The minimum absolute atomic E-state index is 0.0460. The summed E-state index contributed by atoms with van der Waals surface area (Å²) in [6.45, 7) is -0.0781. The Morgan fingerprint density at radius 2 is 2.00 bits per heavy atom. The van der Waals surface area contributed by atoms with Gasteiger partial charge in [0.25, 0.3) is 5.91 Å². The fourth-order valence-corrected chi connectivity index (χ4v) is 3.19. The van der Waals surface area contributed by atoms with Gasteiger partial charge in [0, 0.05) is 25.0 Å². The molecule has 0 aliphatic carbocycles. The van der Waals surface area contributed by atoms with Gasteiger partial charge in [-0.05, 0) is 35.9 Å². The minimum Gasteiger partial charge on any atom is -0.507 e. The molecule has 1 amide bonds. The maximum absolute atomic E-state index is 13.0. The van der Waals surface area contributed by atoms with Gasteiger partial charge in [-0.15, -0.1) is 0 Å². The highest BCUT2D eigenvalue weighted by Crippen LogP contribution is 2.36. The minimum atomic E-state index is -4.60. The molecule has 0 aliphatic rings. The molecule has 5 nitrogen and oxygen atoms in total. The van der Waals surface area contributed by atoms with Gasteiger partial charge in [-0.3, -0.25) is 4.79 Å². The van der Waals surface area contributed by atoms with Crippen LogP contribution >= 0.6 is 11.6 Å². The van der Waals surface area contributed by atoms with Crippen LogP contribution in [0.1, 0.15) is 27.7 Å². The molecule has 1 unspecified atom stereocenters. The maximum Gasteiger partial charge on any atom is 0.417 e. The van der Waals surface area contributed by atoms with E-state index >= 15 is 0 Å². The third kappa shape index (κ3) is 3.79. The molecular weight excluding hydrogens is 395 g/mol. The summed E-state index contributed by atoms with van der Waals surface area (Å²) in [6.07, 6.45) is -4.60. The van der Waals surface area contributed by atoms with Crippen molar-refractivity contribution in [3.63, 3.8) is 0 Å². The average Bonchev–Trinajstić information content (AvgIpc) is 2.97. The Kier molecular flexibility index (Phi) is 5.27. The lowest BCUT2D eigenvalue weighted by Crippen LogP contribution is -2.33. The number of phenols is 1. The molecule has 0 saturated carbocycles. The molecule has 148 valence electrons. The molecule has 9 heteroatoms.